The highest BCUT2D eigenvalue weighted by atomic mass is 32.2. The molecule has 3 rings (SSSR count). The van der Waals surface area contributed by atoms with Crippen molar-refractivity contribution in [1.29, 1.82) is 0 Å². The second-order valence-electron chi connectivity index (χ2n) is 4.64. The van der Waals surface area contributed by atoms with Gasteiger partial charge in [-0.3, -0.25) is 0 Å². The van der Waals surface area contributed by atoms with Crippen molar-refractivity contribution in [3.05, 3.63) is 30.3 Å². The van der Waals surface area contributed by atoms with Crippen LogP contribution >= 0.6 is 11.8 Å². The van der Waals surface area contributed by atoms with Gasteiger partial charge in [0.05, 0.1) is 0 Å². The molecule has 0 heterocycles. The van der Waals surface area contributed by atoms with E-state index in [2.05, 4.69) is 42.1 Å². The smallest absolute Gasteiger partial charge is 0.0125 e. The molecule has 2 saturated carbocycles. The van der Waals surface area contributed by atoms with E-state index in [-0.39, 0.29) is 0 Å². The number of benzene rings is 1. The van der Waals surface area contributed by atoms with E-state index in [0.29, 0.717) is 0 Å². The van der Waals surface area contributed by atoms with Gasteiger partial charge in [0.1, 0.15) is 0 Å². The summed E-state index contributed by atoms with van der Waals surface area (Å²) in [5.74, 6) is 2.10. The van der Waals surface area contributed by atoms with Crippen molar-refractivity contribution < 1.29 is 0 Å². The molecule has 0 aliphatic heterocycles. The maximum absolute atomic E-state index is 2.25. The van der Waals surface area contributed by atoms with Gasteiger partial charge in [0.15, 0.2) is 0 Å². The van der Waals surface area contributed by atoms with Crippen molar-refractivity contribution in [3.63, 3.8) is 0 Å². The molecular formula is C13H16S. The third-order valence-corrected chi connectivity index (χ3v) is 5.13. The number of thioether (sulfide) groups is 1. The van der Waals surface area contributed by atoms with E-state index in [1.54, 1.807) is 0 Å². The molecule has 0 saturated heterocycles. The SMILES string of the molecule is c1ccc(S[C@@H]2C[C@H]3CC[C@H]2C3)cc1. The van der Waals surface area contributed by atoms with Gasteiger partial charge in [0.25, 0.3) is 0 Å². The summed E-state index contributed by atoms with van der Waals surface area (Å²) >= 11 is 2.11. The van der Waals surface area contributed by atoms with Gasteiger partial charge in [-0.15, -0.1) is 11.8 Å². The van der Waals surface area contributed by atoms with Crippen LogP contribution in [0.2, 0.25) is 0 Å². The number of fused-ring (bicyclic) bond motifs is 2. The van der Waals surface area contributed by atoms with Crippen molar-refractivity contribution in [2.45, 2.75) is 35.8 Å². The van der Waals surface area contributed by atoms with Crippen LogP contribution in [-0.4, -0.2) is 5.25 Å². The predicted molar refractivity (Wildman–Crippen MR) is 61.5 cm³/mol. The van der Waals surface area contributed by atoms with E-state index in [1.807, 2.05) is 0 Å². The van der Waals surface area contributed by atoms with Crippen LogP contribution in [-0.2, 0) is 0 Å². The first-order valence-electron chi connectivity index (χ1n) is 5.63. The minimum atomic E-state index is 0.927. The molecule has 0 amide bonds. The molecular weight excluding hydrogens is 188 g/mol. The fourth-order valence-electron chi connectivity index (χ4n) is 3.00. The molecule has 1 aromatic rings. The van der Waals surface area contributed by atoms with Gasteiger partial charge in [-0.05, 0) is 43.2 Å². The van der Waals surface area contributed by atoms with Gasteiger partial charge in [-0.1, -0.05) is 24.6 Å². The Hall–Kier alpha value is -0.430. The van der Waals surface area contributed by atoms with Gasteiger partial charge >= 0.3 is 0 Å². The van der Waals surface area contributed by atoms with Crippen molar-refractivity contribution in [1.82, 2.24) is 0 Å². The molecule has 1 heteroatoms. The van der Waals surface area contributed by atoms with E-state index in [9.17, 15) is 0 Å². The topological polar surface area (TPSA) is 0 Å². The van der Waals surface area contributed by atoms with Crippen molar-refractivity contribution in [2.24, 2.45) is 11.8 Å². The standard InChI is InChI=1S/C13H16S/c1-2-4-12(5-3-1)14-13-9-10-6-7-11(13)8-10/h1-5,10-11,13H,6-9H2/t10-,11-,13+/m0/s1. The average molecular weight is 204 g/mol. The molecule has 0 nitrogen and oxygen atoms in total. The lowest BCUT2D eigenvalue weighted by Gasteiger charge is -2.20. The predicted octanol–water partition coefficient (Wildman–Crippen LogP) is 3.97. The molecule has 2 bridgehead atoms. The van der Waals surface area contributed by atoms with Crippen molar-refractivity contribution in [2.75, 3.05) is 0 Å². The van der Waals surface area contributed by atoms with Gasteiger partial charge in [-0.2, -0.15) is 0 Å². The minimum Gasteiger partial charge on any atom is -0.122 e. The molecule has 0 spiro atoms. The van der Waals surface area contributed by atoms with E-state index >= 15 is 0 Å². The quantitative estimate of drug-likeness (QED) is 0.702. The Kier molecular flexibility index (Phi) is 2.28. The van der Waals surface area contributed by atoms with Crippen LogP contribution in [0.1, 0.15) is 25.7 Å². The van der Waals surface area contributed by atoms with Gasteiger partial charge in [0, 0.05) is 10.1 Å². The van der Waals surface area contributed by atoms with E-state index in [0.717, 1.165) is 17.1 Å². The number of rotatable bonds is 2. The van der Waals surface area contributed by atoms with Crippen LogP contribution in [0, 0.1) is 11.8 Å². The third kappa shape index (κ3) is 1.58. The first-order chi connectivity index (χ1) is 6.92. The summed E-state index contributed by atoms with van der Waals surface area (Å²) in [4.78, 5) is 1.46. The van der Waals surface area contributed by atoms with Crippen LogP contribution in [0.4, 0.5) is 0 Å². The molecule has 0 radical (unpaired) electrons. The summed E-state index contributed by atoms with van der Waals surface area (Å²) in [6.45, 7) is 0. The van der Waals surface area contributed by atoms with Gasteiger partial charge in [-0.25, -0.2) is 0 Å². The zero-order valence-electron chi connectivity index (χ0n) is 8.36. The largest absolute Gasteiger partial charge is 0.122 e. The second kappa shape index (κ2) is 3.62. The minimum absolute atomic E-state index is 0.927. The maximum atomic E-state index is 2.25. The van der Waals surface area contributed by atoms with Crippen molar-refractivity contribution in [3.8, 4) is 0 Å². The van der Waals surface area contributed by atoms with E-state index in [4.69, 9.17) is 0 Å². The van der Waals surface area contributed by atoms with Gasteiger partial charge < -0.3 is 0 Å². The van der Waals surface area contributed by atoms with Crippen LogP contribution in [0.15, 0.2) is 35.2 Å². The summed E-state index contributed by atoms with van der Waals surface area (Å²) in [7, 11) is 0. The summed E-state index contributed by atoms with van der Waals surface area (Å²) in [5, 5.41) is 0.927. The Morgan fingerprint density at radius 2 is 1.86 bits per heavy atom. The molecule has 0 N–H and O–H groups in total. The van der Waals surface area contributed by atoms with Gasteiger partial charge in [0.2, 0.25) is 0 Å². The number of hydrogen-bond acceptors (Lipinski definition) is 1. The highest BCUT2D eigenvalue weighted by molar-refractivity contribution is 8.00. The Morgan fingerprint density at radius 1 is 1.00 bits per heavy atom. The molecule has 1 aromatic carbocycles. The Balaban J connectivity index is 1.69. The zero-order valence-corrected chi connectivity index (χ0v) is 9.17. The Bertz CT molecular complexity index is 306. The normalized spacial score (nSPS) is 35.0. The van der Waals surface area contributed by atoms with Crippen LogP contribution in [0.3, 0.4) is 0 Å². The first-order valence-corrected chi connectivity index (χ1v) is 6.51. The maximum Gasteiger partial charge on any atom is 0.0125 e. The molecule has 0 aromatic heterocycles. The lowest BCUT2D eigenvalue weighted by Crippen LogP contribution is -2.11. The summed E-state index contributed by atoms with van der Waals surface area (Å²) in [6, 6.07) is 10.9. The van der Waals surface area contributed by atoms with Crippen LogP contribution in [0.5, 0.6) is 0 Å². The summed E-state index contributed by atoms with van der Waals surface area (Å²) < 4.78 is 0. The first kappa shape index (κ1) is 8.84. The lowest BCUT2D eigenvalue weighted by atomic mass is 10.0. The molecule has 2 fully saturated rings. The third-order valence-electron chi connectivity index (χ3n) is 3.70. The van der Waals surface area contributed by atoms with Crippen molar-refractivity contribution >= 4 is 11.8 Å². The highest BCUT2D eigenvalue weighted by Crippen LogP contribution is 2.50. The average Bonchev–Trinajstić information content (AvgIpc) is 2.81. The molecule has 74 valence electrons. The van der Waals surface area contributed by atoms with E-state index < -0.39 is 0 Å². The Labute approximate surface area is 90.1 Å². The van der Waals surface area contributed by atoms with Crippen LogP contribution in [0.25, 0.3) is 0 Å². The van der Waals surface area contributed by atoms with Crippen LogP contribution < -0.4 is 0 Å². The fraction of sp³-hybridized carbons (Fsp3) is 0.538. The summed E-state index contributed by atoms with van der Waals surface area (Å²) in [6.07, 6.45) is 6.00. The highest BCUT2D eigenvalue weighted by Gasteiger charge is 2.39. The van der Waals surface area contributed by atoms with E-state index in [1.165, 1.54) is 30.6 Å². The molecule has 2 aliphatic rings. The Morgan fingerprint density at radius 3 is 2.50 bits per heavy atom. The molecule has 0 unspecified atom stereocenters. The molecule has 3 atom stereocenters. The summed E-state index contributed by atoms with van der Waals surface area (Å²) in [5.41, 5.74) is 0. The fourth-order valence-corrected chi connectivity index (χ4v) is 4.48. The second-order valence-corrected chi connectivity index (χ2v) is 5.96. The monoisotopic (exact) mass is 204 g/mol. The lowest BCUT2D eigenvalue weighted by molar-refractivity contribution is 0.492. The number of hydrogen-bond donors (Lipinski definition) is 0. The molecule has 2 aliphatic carbocycles. The molecule has 14 heavy (non-hydrogen) atoms. The zero-order chi connectivity index (χ0) is 9.38.